The molecule has 0 fully saturated rings. The van der Waals surface area contributed by atoms with E-state index in [-0.39, 0.29) is 0 Å². The summed E-state index contributed by atoms with van der Waals surface area (Å²) in [5.41, 5.74) is 6.65. The fraction of sp³-hybridized carbons (Fsp3) is 0.455. The first-order valence-corrected chi connectivity index (χ1v) is 4.64. The molecule has 0 saturated heterocycles. The van der Waals surface area contributed by atoms with Crippen LogP contribution in [0.1, 0.15) is 19.4 Å². The van der Waals surface area contributed by atoms with Crippen molar-refractivity contribution in [1.82, 2.24) is 0 Å². The smallest absolute Gasteiger partial charge is 0.123 e. The molecule has 0 spiro atoms. The molecule has 0 aliphatic rings. The van der Waals surface area contributed by atoms with Crippen LogP contribution in [0.15, 0.2) is 24.3 Å². The number of hydrogen-bond acceptors (Lipinski definition) is 2. The van der Waals surface area contributed by atoms with Crippen LogP contribution in [0.4, 0.5) is 0 Å². The average Bonchev–Trinajstić information content (AvgIpc) is 2.15. The zero-order valence-electron chi connectivity index (χ0n) is 8.29. The number of rotatable bonds is 4. The van der Waals surface area contributed by atoms with Crippen LogP contribution in [0.5, 0.6) is 5.75 Å². The predicted octanol–water partition coefficient (Wildman–Crippen LogP) is 2.18. The summed E-state index contributed by atoms with van der Waals surface area (Å²) in [5.74, 6) is 1.46. The Bertz CT molecular complexity index is 258. The van der Waals surface area contributed by atoms with Gasteiger partial charge < -0.3 is 10.5 Å². The van der Waals surface area contributed by atoms with Crippen LogP contribution < -0.4 is 10.5 Å². The van der Waals surface area contributed by atoms with E-state index < -0.39 is 0 Å². The molecular weight excluding hydrogens is 162 g/mol. The van der Waals surface area contributed by atoms with E-state index >= 15 is 0 Å². The monoisotopic (exact) mass is 179 g/mol. The molecule has 72 valence electrons. The van der Waals surface area contributed by atoms with Crippen molar-refractivity contribution in [3.8, 4) is 5.75 Å². The molecule has 2 nitrogen and oxygen atoms in total. The molecule has 0 aliphatic heterocycles. The number of para-hydroxylation sites is 1. The van der Waals surface area contributed by atoms with Crippen LogP contribution in [0.3, 0.4) is 0 Å². The zero-order valence-corrected chi connectivity index (χ0v) is 8.29. The van der Waals surface area contributed by atoms with E-state index in [1.165, 1.54) is 0 Å². The molecule has 0 bridgehead atoms. The average molecular weight is 179 g/mol. The highest BCUT2D eigenvalue weighted by atomic mass is 16.5. The van der Waals surface area contributed by atoms with Crippen LogP contribution in [-0.4, -0.2) is 6.61 Å². The minimum Gasteiger partial charge on any atom is -0.493 e. The molecule has 2 N–H and O–H groups in total. The molecule has 1 rings (SSSR count). The SMILES string of the molecule is CC(C)COc1ccccc1CN. The zero-order chi connectivity index (χ0) is 9.68. The summed E-state index contributed by atoms with van der Waals surface area (Å²) in [5, 5.41) is 0. The van der Waals surface area contributed by atoms with Crippen molar-refractivity contribution in [3.63, 3.8) is 0 Å². The molecule has 0 atom stereocenters. The highest BCUT2D eigenvalue weighted by Crippen LogP contribution is 2.17. The number of ether oxygens (including phenoxy) is 1. The van der Waals surface area contributed by atoms with Gasteiger partial charge in [-0.15, -0.1) is 0 Å². The minimum atomic E-state index is 0.536. The molecule has 13 heavy (non-hydrogen) atoms. The summed E-state index contributed by atoms with van der Waals surface area (Å²) in [6.07, 6.45) is 0. The van der Waals surface area contributed by atoms with Crippen LogP contribution >= 0.6 is 0 Å². The molecule has 0 aromatic heterocycles. The lowest BCUT2D eigenvalue weighted by atomic mass is 10.2. The summed E-state index contributed by atoms with van der Waals surface area (Å²) in [6, 6.07) is 7.90. The molecule has 1 aromatic carbocycles. The van der Waals surface area contributed by atoms with Gasteiger partial charge >= 0.3 is 0 Å². The van der Waals surface area contributed by atoms with E-state index in [0.717, 1.165) is 17.9 Å². The first-order valence-electron chi connectivity index (χ1n) is 4.64. The maximum absolute atomic E-state index is 5.61. The van der Waals surface area contributed by atoms with Crippen molar-refractivity contribution >= 4 is 0 Å². The van der Waals surface area contributed by atoms with Gasteiger partial charge in [-0.2, -0.15) is 0 Å². The van der Waals surface area contributed by atoms with Crippen LogP contribution in [0, 0.1) is 5.92 Å². The Kier molecular flexibility index (Phi) is 3.77. The summed E-state index contributed by atoms with van der Waals surface area (Å²) in [6.45, 7) is 5.54. The molecule has 2 heteroatoms. The van der Waals surface area contributed by atoms with Gasteiger partial charge in [0.25, 0.3) is 0 Å². The molecule has 0 radical (unpaired) electrons. The van der Waals surface area contributed by atoms with Gasteiger partial charge in [-0.25, -0.2) is 0 Å². The van der Waals surface area contributed by atoms with Gasteiger partial charge in [0.05, 0.1) is 6.61 Å². The molecule has 0 aliphatic carbocycles. The number of hydrogen-bond donors (Lipinski definition) is 1. The van der Waals surface area contributed by atoms with Crippen LogP contribution in [0.2, 0.25) is 0 Å². The van der Waals surface area contributed by atoms with Crippen molar-refractivity contribution in [2.75, 3.05) is 6.61 Å². The molecule has 1 aromatic rings. The molecule has 0 saturated carbocycles. The normalized spacial score (nSPS) is 10.5. The maximum atomic E-state index is 5.61. The second-order valence-electron chi connectivity index (χ2n) is 3.52. The first-order chi connectivity index (χ1) is 6.24. The van der Waals surface area contributed by atoms with E-state index in [9.17, 15) is 0 Å². The predicted molar refractivity (Wildman–Crippen MR) is 54.7 cm³/mol. The van der Waals surface area contributed by atoms with Crippen molar-refractivity contribution in [3.05, 3.63) is 29.8 Å². The highest BCUT2D eigenvalue weighted by molar-refractivity contribution is 5.32. The lowest BCUT2D eigenvalue weighted by Gasteiger charge is -2.11. The lowest BCUT2D eigenvalue weighted by Crippen LogP contribution is -2.07. The Labute approximate surface area is 79.7 Å². The van der Waals surface area contributed by atoms with Crippen LogP contribution in [-0.2, 0) is 6.54 Å². The Morgan fingerprint density at radius 1 is 1.31 bits per heavy atom. The van der Waals surface area contributed by atoms with Gasteiger partial charge in [-0.1, -0.05) is 32.0 Å². The molecule has 0 unspecified atom stereocenters. The number of nitrogens with two attached hydrogens (primary N) is 1. The van der Waals surface area contributed by atoms with E-state index in [2.05, 4.69) is 13.8 Å². The summed E-state index contributed by atoms with van der Waals surface area (Å²) < 4.78 is 5.61. The van der Waals surface area contributed by atoms with Crippen molar-refractivity contribution in [1.29, 1.82) is 0 Å². The third-order valence-electron chi connectivity index (χ3n) is 1.76. The van der Waals surface area contributed by atoms with Gasteiger partial charge in [0, 0.05) is 12.1 Å². The summed E-state index contributed by atoms with van der Waals surface area (Å²) in [4.78, 5) is 0. The second kappa shape index (κ2) is 4.87. The third-order valence-corrected chi connectivity index (χ3v) is 1.76. The summed E-state index contributed by atoms with van der Waals surface area (Å²) in [7, 11) is 0. The van der Waals surface area contributed by atoms with Crippen molar-refractivity contribution in [2.24, 2.45) is 11.7 Å². The molecule has 0 amide bonds. The fourth-order valence-corrected chi connectivity index (χ4v) is 1.07. The maximum Gasteiger partial charge on any atom is 0.123 e. The Morgan fingerprint density at radius 2 is 2.00 bits per heavy atom. The number of benzene rings is 1. The highest BCUT2D eigenvalue weighted by Gasteiger charge is 2.01. The topological polar surface area (TPSA) is 35.2 Å². The van der Waals surface area contributed by atoms with Gasteiger partial charge in [-0.3, -0.25) is 0 Å². The van der Waals surface area contributed by atoms with E-state index in [4.69, 9.17) is 10.5 Å². The van der Waals surface area contributed by atoms with Crippen LogP contribution in [0.25, 0.3) is 0 Å². The van der Waals surface area contributed by atoms with E-state index in [1.54, 1.807) is 0 Å². The molecular formula is C11H17NO. The van der Waals surface area contributed by atoms with Gasteiger partial charge in [0.15, 0.2) is 0 Å². The third kappa shape index (κ3) is 3.07. The Hall–Kier alpha value is -1.02. The van der Waals surface area contributed by atoms with Gasteiger partial charge in [0.2, 0.25) is 0 Å². The van der Waals surface area contributed by atoms with Crippen molar-refractivity contribution in [2.45, 2.75) is 20.4 Å². The van der Waals surface area contributed by atoms with E-state index in [1.807, 2.05) is 24.3 Å². The van der Waals surface area contributed by atoms with E-state index in [0.29, 0.717) is 12.5 Å². The Morgan fingerprint density at radius 3 is 2.62 bits per heavy atom. The fourth-order valence-electron chi connectivity index (χ4n) is 1.07. The largest absolute Gasteiger partial charge is 0.493 e. The standard InChI is InChI=1S/C11H17NO/c1-9(2)8-13-11-6-4-3-5-10(11)7-12/h3-6,9H,7-8,12H2,1-2H3. The van der Waals surface area contributed by atoms with Gasteiger partial charge in [-0.05, 0) is 12.0 Å². The second-order valence-corrected chi connectivity index (χ2v) is 3.52. The quantitative estimate of drug-likeness (QED) is 0.769. The minimum absolute atomic E-state index is 0.536. The van der Waals surface area contributed by atoms with Crippen molar-refractivity contribution < 1.29 is 4.74 Å². The first kappa shape index (κ1) is 10.1. The summed E-state index contributed by atoms with van der Waals surface area (Å²) >= 11 is 0. The molecule has 0 heterocycles. The van der Waals surface area contributed by atoms with Gasteiger partial charge in [0.1, 0.15) is 5.75 Å². The lowest BCUT2D eigenvalue weighted by molar-refractivity contribution is 0.268. The Balaban J connectivity index is 2.64.